The molecular formula is C13H21BrN2OS. The van der Waals surface area contributed by atoms with Crippen molar-refractivity contribution in [1.29, 1.82) is 0 Å². The summed E-state index contributed by atoms with van der Waals surface area (Å²) in [7, 11) is 0. The van der Waals surface area contributed by atoms with Crippen molar-refractivity contribution in [2.24, 2.45) is 5.73 Å². The first-order valence-corrected chi connectivity index (χ1v) is 8.21. The number of ether oxygens (including phenoxy) is 1. The van der Waals surface area contributed by atoms with E-state index >= 15 is 0 Å². The lowest BCUT2D eigenvalue weighted by atomic mass is 10.0. The second-order valence-electron chi connectivity index (χ2n) is 4.63. The van der Waals surface area contributed by atoms with Crippen LogP contribution in [0.15, 0.2) is 15.9 Å². The molecule has 0 saturated carbocycles. The molecule has 1 aliphatic heterocycles. The van der Waals surface area contributed by atoms with Gasteiger partial charge in [-0.05, 0) is 48.3 Å². The quantitative estimate of drug-likeness (QED) is 0.900. The summed E-state index contributed by atoms with van der Waals surface area (Å²) in [6.07, 6.45) is 2.75. The molecule has 1 aromatic rings. The summed E-state index contributed by atoms with van der Waals surface area (Å²) in [5.41, 5.74) is 5.97. The van der Waals surface area contributed by atoms with Crippen LogP contribution in [0.1, 0.15) is 30.7 Å². The molecule has 2 unspecified atom stereocenters. The third kappa shape index (κ3) is 3.54. The molecule has 0 radical (unpaired) electrons. The third-order valence-corrected chi connectivity index (χ3v) is 5.19. The Morgan fingerprint density at radius 3 is 3.11 bits per heavy atom. The summed E-state index contributed by atoms with van der Waals surface area (Å²) in [6, 6.07) is 2.52. The number of nitrogens with two attached hydrogens (primary N) is 1. The van der Waals surface area contributed by atoms with Crippen LogP contribution in [0.3, 0.4) is 0 Å². The Balaban J connectivity index is 2.03. The van der Waals surface area contributed by atoms with Gasteiger partial charge in [0.25, 0.3) is 0 Å². The number of nitrogens with zero attached hydrogens (tertiary/aromatic N) is 1. The number of likely N-dealkylation sites (tertiary alicyclic amines) is 1. The summed E-state index contributed by atoms with van der Waals surface area (Å²) in [5.74, 6) is 0. The average molecular weight is 333 g/mol. The fourth-order valence-electron chi connectivity index (χ4n) is 2.57. The largest absolute Gasteiger partial charge is 0.377 e. The van der Waals surface area contributed by atoms with E-state index in [1.165, 1.54) is 17.7 Å². The smallest absolute Gasteiger partial charge is 0.0702 e. The van der Waals surface area contributed by atoms with Crippen molar-refractivity contribution >= 4 is 27.3 Å². The predicted molar refractivity (Wildman–Crippen MR) is 80.0 cm³/mol. The number of thiophene rings is 1. The van der Waals surface area contributed by atoms with Gasteiger partial charge in [0, 0.05) is 34.4 Å². The zero-order chi connectivity index (χ0) is 13.0. The normalized spacial score (nSPS) is 23.2. The van der Waals surface area contributed by atoms with Gasteiger partial charge in [0.2, 0.25) is 0 Å². The monoisotopic (exact) mass is 332 g/mol. The molecule has 0 aliphatic carbocycles. The van der Waals surface area contributed by atoms with Gasteiger partial charge in [-0.3, -0.25) is 4.90 Å². The van der Waals surface area contributed by atoms with Gasteiger partial charge in [-0.2, -0.15) is 0 Å². The minimum atomic E-state index is 0.338. The first-order valence-electron chi connectivity index (χ1n) is 6.54. The summed E-state index contributed by atoms with van der Waals surface area (Å²) in [6.45, 7) is 5.67. The number of rotatable bonds is 5. The second-order valence-corrected chi connectivity index (χ2v) is 6.49. The number of hydrogen-bond donors (Lipinski definition) is 1. The zero-order valence-electron chi connectivity index (χ0n) is 10.8. The van der Waals surface area contributed by atoms with Gasteiger partial charge >= 0.3 is 0 Å². The van der Waals surface area contributed by atoms with Crippen LogP contribution in [0.2, 0.25) is 0 Å². The van der Waals surface area contributed by atoms with E-state index in [4.69, 9.17) is 10.5 Å². The summed E-state index contributed by atoms with van der Waals surface area (Å²) in [5, 5.41) is 2.13. The molecule has 0 bridgehead atoms. The second kappa shape index (κ2) is 7.01. The lowest BCUT2D eigenvalue weighted by Crippen LogP contribution is -2.43. The fourth-order valence-corrected chi connectivity index (χ4v) is 4.16. The van der Waals surface area contributed by atoms with Crippen molar-refractivity contribution in [2.45, 2.75) is 31.9 Å². The first-order chi connectivity index (χ1) is 8.74. The van der Waals surface area contributed by atoms with E-state index < -0.39 is 0 Å². The molecule has 102 valence electrons. The van der Waals surface area contributed by atoms with Gasteiger partial charge in [-0.1, -0.05) is 0 Å². The number of halogens is 1. The van der Waals surface area contributed by atoms with E-state index in [-0.39, 0.29) is 0 Å². The van der Waals surface area contributed by atoms with Crippen molar-refractivity contribution in [3.8, 4) is 0 Å². The lowest BCUT2D eigenvalue weighted by molar-refractivity contribution is -0.00615. The summed E-state index contributed by atoms with van der Waals surface area (Å²) >= 11 is 5.30. The molecular weight excluding hydrogens is 312 g/mol. The Kier molecular flexibility index (Phi) is 5.63. The average Bonchev–Trinajstić information content (AvgIpc) is 2.78. The first kappa shape index (κ1) is 14.5. The van der Waals surface area contributed by atoms with E-state index in [1.54, 1.807) is 11.3 Å². The van der Waals surface area contributed by atoms with Crippen LogP contribution in [0.25, 0.3) is 0 Å². The third-order valence-electron chi connectivity index (χ3n) is 3.39. The van der Waals surface area contributed by atoms with Crippen LogP contribution in [0.5, 0.6) is 0 Å². The Hall–Kier alpha value is 0.0600. The van der Waals surface area contributed by atoms with E-state index in [9.17, 15) is 0 Å². The van der Waals surface area contributed by atoms with Gasteiger partial charge in [0.05, 0.1) is 12.1 Å². The Morgan fingerprint density at radius 1 is 1.67 bits per heavy atom. The molecule has 0 amide bonds. The van der Waals surface area contributed by atoms with Gasteiger partial charge in [-0.25, -0.2) is 0 Å². The summed E-state index contributed by atoms with van der Waals surface area (Å²) in [4.78, 5) is 3.82. The van der Waals surface area contributed by atoms with Crippen LogP contribution in [-0.2, 0) is 4.74 Å². The number of hydrogen-bond acceptors (Lipinski definition) is 4. The highest BCUT2D eigenvalue weighted by atomic mass is 79.9. The molecule has 1 aliphatic rings. The van der Waals surface area contributed by atoms with Crippen LogP contribution < -0.4 is 5.73 Å². The van der Waals surface area contributed by atoms with Crippen molar-refractivity contribution in [2.75, 3.05) is 26.2 Å². The van der Waals surface area contributed by atoms with E-state index in [0.717, 1.165) is 24.2 Å². The van der Waals surface area contributed by atoms with Crippen molar-refractivity contribution in [3.05, 3.63) is 20.8 Å². The minimum absolute atomic E-state index is 0.338. The molecule has 18 heavy (non-hydrogen) atoms. The molecule has 1 saturated heterocycles. The molecule has 0 spiro atoms. The van der Waals surface area contributed by atoms with E-state index in [2.05, 4.69) is 39.2 Å². The van der Waals surface area contributed by atoms with Gasteiger partial charge in [0.15, 0.2) is 0 Å². The Morgan fingerprint density at radius 2 is 2.50 bits per heavy atom. The van der Waals surface area contributed by atoms with E-state index in [1.807, 2.05) is 0 Å². The minimum Gasteiger partial charge on any atom is -0.377 e. The highest BCUT2D eigenvalue weighted by Gasteiger charge is 2.27. The Labute approximate surface area is 121 Å². The van der Waals surface area contributed by atoms with Gasteiger partial charge in [-0.15, -0.1) is 11.3 Å². The Bertz CT molecular complexity index is 370. The highest BCUT2D eigenvalue weighted by molar-refractivity contribution is 9.10. The maximum atomic E-state index is 5.97. The van der Waals surface area contributed by atoms with E-state index in [0.29, 0.717) is 18.7 Å². The summed E-state index contributed by atoms with van der Waals surface area (Å²) < 4.78 is 6.91. The maximum Gasteiger partial charge on any atom is 0.0702 e. The van der Waals surface area contributed by atoms with Crippen LogP contribution in [0, 0.1) is 0 Å². The van der Waals surface area contributed by atoms with Crippen molar-refractivity contribution < 1.29 is 4.74 Å². The molecule has 3 nitrogen and oxygen atoms in total. The number of piperidine rings is 1. The highest BCUT2D eigenvalue weighted by Crippen LogP contribution is 2.31. The van der Waals surface area contributed by atoms with Crippen molar-refractivity contribution in [3.63, 3.8) is 0 Å². The maximum absolute atomic E-state index is 5.97. The van der Waals surface area contributed by atoms with Crippen LogP contribution in [-0.4, -0.2) is 37.2 Å². The molecule has 2 atom stereocenters. The molecule has 2 heterocycles. The molecule has 2 N–H and O–H groups in total. The molecule has 0 aromatic carbocycles. The van der Waals surface area contributed by atoms with Gasteiger partial charge < -0.3 is 10.5 Å². The molecule has 1 aromatic heterocycles. The lowest BCUT2D eigenvalue weighted by Gasteiger charge is -2.37. The predicted octanol–water partition coefficient (Wildman–Crippen LogP) is 3.01. The molecule has 1 fully saturated rings. The zero-order valence-corrected chi connectivity index (χ0v) is 13.2. The fraction of sp³-hybridized carbons (Fsp3) is 0.692. The van der Waals surface area contributed by atoms with Crippen LogP contribution in [0.4, 0.5) is 0 Å². The van der Waals surface area contributed by atoms with Crippen molar-refractivity contribution in [1.82, 2.24) is 4.90 Å². The molecule has 2 rings (SSSR count). The standard InChI is InChI=1S/C13H21BrN2OS/c1-2-17-11-4-3-5-16(8-11)12(7-15)13-6-10(14)9-18-13/h6,9,11-12H,2-5,7-8,15H2,1H3. The topological polar surface area (TPSA) is 38.5 Å². The SMILES string of the molecule is CCOC1CCCN(C(CN)c2cc(Br)cs2)C1. The molecule has 5 heteroatoms. The van der Waals surface area contributed by atoms with Crippen LogP contribution >= 0.6 is 27.3 Å². The van der Waals surface area contributed by atoms with Gasteiger partial charge in [0.1, 0.15) is 0 Å².